The van der Waals surface area contributed by atoms with E-state index in [1.54, 1.807) is 55.7 Å². The summed E-state index contributed by atoms with van der Waals surface area (Å²) in [6.07, 6.45) is 4.01. The number of carbonyl (C=O) groups excluding carboxylic acids is 6. The van der Waals surface area contributed by atoms with Gasteiger partial charge in [0.1, 0.15) is 23.1 Å². The third-order valence-corrected chi connectivity index (χ3v) is 10.1. The van der Waals surface area contributed by atoms with E-state index in [0.29, 0.717) is 35.5 Å². The van der Waals surface area contributed by atoms with Crippen molar-refractivity contribution in [1.29, 1.82) is 0 Å². The fourth-order valence-electron chi connectivity index (χ4n) is 5.83. The number of benzene rings is 6. The molecule has 1 aromatic heterocycles. The molecule has 0 aliphatic rings. The van der Waals surface area contributed by atoms with Gasteiger partial charge in [0, 0.05) is 36.4 Å². The number of ether oxygens (including phenoxy) is 2. The van der Waals surface area contributed by atoms with Crippen molar-refractivity contribution < 1.29 is 53.6 Å². The highest BCUT2D eigenvalue weighted by Crippen LogP contribution is 2.26. The summed E-state index contributed by atoms with van der Waals surface area (Å²) in [6.45, 7) is 15.6. The summed E-state index contributed by atoms with van der Waals surface area (Å²) in [6, 6.07) is 46.0. The van der Waals surface area contributed by atoms with E-state index in [-0.39, 0.29) is 58.7 Å². The molecule has 7 N–H and O–H groups in total. The number of pyridine rings is 1. The largest absolute Gasteiger partial charge is 0.508 e. The molecule has 1 unspecified atom stereocenters. The zero-order valence-corrected chi connectivity index (χ0v) is 46.7. The number of aromatic hydroxyl groups is 3. The fraction of sp³-hybridized carbons (Fsp3) is 0.226. The lowest BCUT2D eigenvalue weighted by Crippen LogP contribution is -2.33. The van der Waals surface area contributed by atoms with Crippen LogP contribution in [0.2, 0.25) is 0 Å². The number of carbonyl (C=O) groups is 6. The zero-order valence-electron chi connectivity index (χ0n) is 45.9. The molecule has 1 amide bonds. The van der Waals surface area contributed by atoms with Crippen LogP contribution in [0.1, 0.15) is 102 Å². The summed E-state index contributed by atoms with van der Waals surface area (Å²) < 4.78 is 10.1. The quantitative estimate of drug-likeness (QED) is 0.0464. The molecular formula is C62H72N4O11S. The summed E-state index contributed by atoms with van der Waals surface area (Å²) in [5, 5.41) is 32.7. The van der Waals surface area contributed by atoms with Crippen LogP contribution in [0.15, 0.2) is 170 Å². The highest BCUT2D eigenvalue weighted by atomic mass is 32.1. The molecule has 412 valence electrons. The Bertz CT molecular complexity index is 2880. The van der Waals surface area contributed by atoms with Crippen LogP contribution >= 0.6 is 12.2 Å². The zero-order chi connectivity index (χ0) is 58.6. The predicted octanol–water partition coefficient (Wildman–Crippen LogP) is 11.8. The van der Waals surface area contributed by atoms with Crippen LogP contribution in [0.5, 0.6) is 23.0 Å². The van der Waals surface area contributed by atoms with Crippen LogP contribution in [0.25, 0.3) is 0 Å². The Hall–Kier alpha value is -8.70. The van der Waals surface area contributed by atoms with E-state index in [2.05, 4.69) is 15.6 Å². The first-order valence-electron chi connectivity index (χ1n) is 24.3. The number of phenolic OH excluding ortho intramolecular Hbond substituents is 3. The van der Waals surface area contributed by atoms with Gasteiger partial charge in [-0.2, -0.15) is 0 Å². The first kappa shape index (κ1) is 67.3. The second-order valence-electron chi connectivity index (χ2n) is 17.2. The van der Waals surface area contributed by atoms with Gasteiger partial charge in [0.25, 0.3) is 0 Å². The molecule has 7 rings (SSSR count). The van der Waals surface area contributed by atoms with Crippen molar-refractivity contribution in [3.05, 3.63) is 209 Å². The van der Waals surface area contributed by atoms with E-state index in [4.69, 9.17) is 37.6 Å². The van der Waals surface area contributed by atoms with E-state index >= 15 is 0 Å². The Morgan fingerprint density at radius 3 is 1.60 bits per heavy atom. The van der Waals surface area contributed by atoms with Gasteiger partial charge in [0.2, 0.25) is 5.91 Å². The van der Waals surface area contributed by atoms with E-state index in [1.165, 1.54) is 83.2 Å². The average Bonchev–Trinajstić information content (AvgIpc) is 3.39. The molecule has 1 heterocycles. The third-order valence-electron chi connectivity index (χ3n) is 10.0. The maximum atomic E-state index is 10.9. The van der Waals surface area contributed by atoms with Crippen molar-refractivity contribution in [3.63, 3.8) is 0 Å². The molecular weight excluding hydrogens is 1010 g/mol. The highest BCUT2D eigenvalue weighted by Gasteiger charge is 2.08. The van der Waals surface area contributed by atoms with Crippen LogP contribution in [-0.2, 0) is 32.1 Å². The van der Waals surface area contributed by atoms with Crippen molar-refractivity contribution in [3.8, 4) is 23.0 Å². The van der Waals surface area contributed by atoms with Gasteiger partial charge in [-0.05, 0) is 145 Å². The van der Waals surface area contributed by atoms with Gasteiger partial charge in [0.05, 0.1) is 48.8 Å². The Kier molecular flexibility index (Phi) is 32.7. The molecule has 0 radical (unpaired) electrons. The number of hydrogen-bond acceptors (Lipinski definition) is 14. The number of rotatable bonds is 13. The van der Waals surface area contributed by atoms with Crippen molar-refractivity contribution >= 4 is 63.4 Å². The number of anilines is 2. The van der Waals surface area contributed by atoms with E-state index in [1.807, 2.05) is 112 Å². The minimum Gasteiger partial charge on any atom is -0.508 e. The molecule has 0 bridgehead atoms. The number of ketones is 5. The monoisotopic (exact) mass is 1080 g/mol. The van der Waals surface area contributed by atoms with Crippen LogP contribution in [0.4, 0.5) is 11.4 Å². The Morgan fingerprint density at radius 2 is 1.14 bits per heavy atom. The Labute approximate surface area is 463 Å². The van der Waals surface area contributed by atoms with Gasteiger partial charge in [-0.15, -0.1) is 0 Å². The Balaban J connectivity index is 0.000000456. The lowest BCUT2D eigenvalue weighted by molar-refractivity contribution is -0.119. The summed E-state index contributed by atoms with van der Waals surface area (Å²) in [5.41, 5.74) is 13.4. The molecule has 6 aromatic carbocycles. The summed E-state index contributed by atoms with van der Waals surface area (Å²) in [7, 11) is 1.44. The summed E-state index contributed by atoms with van der Waals surface area (Å²) in [4.78, 5) is 69.0. The smallest absolute Gasteiger partial charge is 0.221 e. The number of aryl methyl sites for hydroxylation is 2. The van der Waals surface area contributed by atoms with E-state index in [0.717, 1.165) is 27.5 Å². The van der Waals surface area contributed by atoms with E-state index < -0.39 is 6.04 Å². The van der Waals surface area contributed by atoms with Gasteiger partial charge in [0.15, 0.2) is 28.8 Å². The number of phenols is 3. The second kappa shape index (κ2) is 37.9. The minimum atomic E-state index is -0.501. The first-order valence-corrected chi connectivity index (χ1v) is 24.7. The van der Waals surface area contributed by atoms with Gasteiger partial charge >= 0.3 is 0 Å². The molecule has 78 heavy (non-hydrogen) atoms. The van der Waals surface area contributed by atoms with Crippen LogP contribution in [0, 0.1) is 13.8 Å². The van der Waals surface area contributed by atoms with Crippen LogP contribution in [0.3, 0.4) is 0 Å². The van der Waals surface area contributed by atoms with Crippen molar-refractivity contribution in [1.82, 2.24) is 4.98 Å². The molecule has 16 heteroatoms. The topological polar surface area (TPSA) is 245 Å². The van der Waals surface area contributed by atoms with E-state index in [9.17, 15) is 33.9 Å². The number of hydrogen-bond donors (Lipinski definition) is 6. The molecule has 1 atom stereocenters. The average molecular weight is 1080 g/mol. The van der Waals surface area contributed by atoms with Crippen molar-refractivity contribution in [2.45, 2.75) is 81.4 Å². The van der Waals surface area contributed by atoms with Gasteiger partial charge in [-0.25, -0.2) is 0 Å². The number of para-hydroxylation sites is 1. The van der Waals surface area contributed by atoms with Gasteiger partial charge in [-0.1, -0.05) is 102 Å². The molecule has 0 fully saturated rings. The number of nitrogens with zero attached hydrogens (tertiary/aromatic N) is 1. The summed E-state index contributed by atoms with van der Waals surface area (Å²) >= 11 is 4.84. The van der Waals surface area contributed by atoms with Crippen molar-refractivity contribution in [2.24, 2.45) is 5.73 Å². The maximum absolute atomic E-state index is 10.9. The maximum Gasteiger partial charge on any atom is 0.221 e. The molecule has 0 saturated carbocycles. The molecule has 7 aromatic rings. The number of nitrogens with one attached hydrogen (secondary N) is 2. The number of methoxy groups -OCH3 is 1. The van der Waals surface area contributed by atoms with Crippen LogP contribution in [-0.4, -0.2) is 79.9 Å². The normalized spacial score (nSPS) is 9.88. The SMILES string of the molecule is CC(=O)C(N)COCc1ccccc1.CC(=O)Cc1ccc(C)cc1.CC(=O)Nc1ccc(C)cc1.CC(=O)c1ccc(O)cc1.CC(=O)c1ccccc1O.CC(=S)Nc1cccnc1.COc1cc(C(C)=O)ccc1O. The number of Topliss-reactive ketones (excluding diaryl/α,β-unsaturated/α-hetero) is 5. The fourth-order valence-corrected chi connectivity index (χ4v) is 5.95. The minimum absolute atomic E-state index is 0.0139. The number of nitrogens with two attached hydrogens (primary N) is 1. The van der Waals surface area contributed by atoms with Gasteiger partial charge in [-0.3, -0.25) is 33.8 Å². The molecule has 0 spiro atoms. The van der Waals surface area contributed by atoms with Crippen LogP contribution < -0.4 is 21.1 Å². The molecule has 0 aliphatic carbocycles. The molecule has 0 saturated heterocycles. The standard InChI is InChI=1S/C11H15NO2.C10H12O.C9H11NO.C9H10O3.2C8H8O2.C7H8N2S/c1-9(13)11(12)8-14-7-10-5-3-2-4-6-10;1-8-3-5-10(6-4-8)7-9(2)11;1-7-3-5-9(6-4-7)10-8(2)11;1-6(10)7-3-4-8(11)9(5-7)12-2;1-6(9)7-2-4-8(10)5-3-7;1-6(9)7-4-2-3-5-8(7)10;1-6(10)9-7-3-2-4-8-5-7/h2-6,11H,7-8,12H2,1H3;3-6H,7H2,1-2H3;3-6H,1-2H3,(H,10,11);3-5,11H,1-2H3;2*2-5,10H,1H3;2-5H,1H3,(H,9,10). The lowest BCUT2D eigenvalue weighted by atomic mass is 10.1. The number of amides is 1. The Morgan fingerprint density at radius 1 is 0.590 bits per heavy atom. The summed E-state index contributed by atoms with van der Waals surface area (Å²) in [5.74, 6) is 0.595. The molecule has 15 nitrogen and oxygen atoms in total. The number of thiocarbonyl (C=S) groups is 1. The predicted molar refractivity (Wildman–Crippen MR) is 313 cm³/mol. The third kappa shape index (κ3) is 31.2. The highest BCUT2D eigenvalue weighted by molar-refractivity contribution is 7.80. The first-order chi connectivity index (χ1) is 36.9. The lowest BCUT2D eigenvalue weighted by Gasteiger charge is -2.08. The van der Waals surface area contributed by atoms with Crippen molar-refractivity contribution in [2.75, 3.05) is 24.4 Å². The number of aromatic nitrogens is 1. The second-order valence-corrected chi connectivity index (χ2v) is 17.8. The van der Waals surface area contributed by atoms with Gasteiger partial charge < -0.3 is 41.2 Å². The molecule has 0 aliphatic heterocycles.